The fourth-order valence-corrected chi connectivity index (χ4v) is 0.780. The average molecular weight is 165 g/mol. The number of ether oxygens (including phenoxy) is 1. The number of pyridine rings is 1. The van der Waals surface area contributed by atoms with Crippen LogP contribution in [-0.4, -0.2) is 24.7 Å². The molecule has 0 unspecified atom stereocenters. The summed E-state index contributed by atoms with van der Waals surface area (Å²) in [6, 6.07) is 2.85. The third-order valence-corrected chi connectivity index (χ3v) is 1.31. The van der Waals surface area contributed by atoms with Crippen molar-refractivity contribution in [1.29, 1.82) is 0 Å². The Morgan fingerprint density at radius 3 is 2.58 bits per heavy atom. The van der Waals surface area contributed by atoms with Gasteiger partial charge in [-0.25, -0.2) is 4.98 Å². The van der Waals surface area contributed by atoms with E-state index in [1.165, 1.54) is 19.2 Å². The molecule has 0 aliphatic carbocycles. The maximum absolute atomic E-state index is 10.3. The Morgan fingerprint density at radius 1 is 1.33 bits per heavy atom. The average Bonchev–Trinajstić information content (AvgIpc) is 2.16. The van der Waals surface area contributed by atoms with Crippen LogP contribution in [0.5, 0.6) is 5.88 Å². The van der Waals surface area contributed by atoms with Gasteiger partial charge in [-0.2, -0.15) is 0 Å². The molecule has 1 heterocycles. The van der Waals surface area contributed by atoms with Gasteiger partial charge >= 0.3 is 0 Å². The van der Waals surface area contributed by atoms with Crippen molar-refractivity contribution in [3.63, 3.8) is 0 Å². The van der Waals surface area contributed by atoms with Gasteiger partial charge in [0.15, 0.2) is 6.29 Å². The molecular weight excluding hydrogens is 158 g/mol. The maximum Gasteiger partial charge on any atom is 0.214 e. The zero-order chi connectivity index (χ0) is 8.97. The zero-order valence-corrected chi connectivity index (χ0v) is 6.48. The SMILES string of the molecule is COc1cc(C=O)cc(C=O)n1. The smallest absolute Gasteiger partial charge is 0.214 e. The molecule has 1 rings (SSSR count). The lowest BCUT2D eigenvalue weighted by Crippen LogP contribution is -1.94. The van der Waals surface area contributed by atoms with Crippen LogP contribution in [0.1, 0.15) is 20.8 Å². The van der Waals surface area contributed by atoms with Crippen LogP contribution in [-0.2, 0) is 0 Å². The number of hydrogen-bond donors (Lipinski definition) is 0. The van der Waals surface area contributed by atoms with E-state index in [0.717, 1.165) is 0 Å². The topological polar surface area (TPSA) is 56.3 Å². The van der Waals surface area contributed by atoms with Crippen LogP contribution >= 0.6 is 0 Å². The van der Waals surface area contributed by atoms with E-state index in [1.807, 2.05) is 0 Å². The van der Waals surface area contributed by atoms with Gasteiger partial charge in [-0.3, -0.25) is 9.59 Å². The van der Waals surface area contributed by atoms with Crippen LogP contribution in [0.3, 0.4) is 0 Å². The Labute approximate surface area is 69.2 Å². The monoisotopic (exact) mass is 165 g/mol. The van der Waals surface area contributed by atoms with Crippen molar-refractivity contribution in [3.8, 4) is 5.88 Å². The van der Waals surface area contributed by atoms with E-state index < -0.39 is 0 Å². The Hall–Kier alpha value is -1.71. The van der Waals surface area contributed by atoms with E-state index in [1.54, 1.807) is 0 Å². The summed E-state index contributed by atoms with van der Waals surface area (Å²) in [7, 11) is 1.42. The van der Waals surface area contributed by atoms with Crippen LogP contribution in [0.15, 0.2) is 12.1 Å². The van der Waals surface area contributed by atoms with Crippen LogP contribution in [0.2, 0.25) is 0 Å². The molecule has 0 aromatic carbocycles. The van der Waals surface area contributed by atoms with Gasteiger partial charge in [-0.05, 0) is 6.07 Å². The van der Waals surface area contributed by atoms with E-state index >= 15 is 0 Å². The number of methoxy groups -OCH3 is 1. The summed E-state index contributed by atoms with van der Waals surface area (Å²) in [6.07, 6.45) is 1.20. The van der Waals surface area contributed by atoms with Gasteiger partial charge in [-0.1, -0.05) is 0 Å². The highest BCUT2D eigenvalue weighted by molar-refractivity contribution is 5.80. The molecule has 0 N–H and O–H groups in total. The molecule has 0 spiro atoms. The van der Waals surface area contributed by atoms with Crippen molar-refractivity contribution in [2.45, 2.75) is 0 Å². The molecular formula is C8H7NO3. The van der Waals surface area contributed by atoms with E-state index in [-0.39, 0.29) is 11.6 Å². The van der Waals surface area contributed by atoms with Crippen molar-refractivity contribution in [2.75, 3.05) is 7.11 Å². The minimum absolute atomic E-state index is 0.191. The van der Waals surface area contributed by atoms with Gasteiger partial charge in [0.25, 0.3) is 0 Å². The second-order valence-corrected chi connectivity index (χ2v) is 2.10. The van der Waals surface area contributed by atoms with Gasteiger partial charge in [0.05, 0.1) is 7.11 Å². The van der Waals surface area contributed by atoms with Crippen LogP contribution < -0.4 is 4.74 Å². The Kier molecular flexibility index (Phi) is 2.53. The first-order chi connectivity index (χ1) is 5.80. The summed E-state index contributed by atoms with van der Waals surface area (Å²) in [5.41, 5.74) is 0.570. The molecule has 0 fully saturated rings. The van der Waals surface area contributed by atoms with Gasteiger partial charge in [0, 0.05) is 11.6 Å². The van der Waals surface area contributed by atoms with E-state index in [0.29, 0.717) is 18.1 Å². The Bertz CT molecular complexity index is 283. The highest BCUT2D eigenvalue weighted by atomic mass is 16.5. The molecule has 4 heteroatoms. The standard InChI is InChI=1S/C8H7NO3/c1-12-8-3-6(4-10)2-7(5-11)9-8/h2-5H,1H3. The van der Waals surface area contributed by atoms with Gasteiger partial charge in [-0.15, -0.1) is 0 Å². The number of rotatable bonds is 3. The van der Waals surface area contributed by atoms with Gasteiger partial charge in [0.2, 0.25) is 5.88 Å². The Balaban J connectivity index is 3.18. The minimum atomic E-state index is 0.191. The molecule has 1 aromatic rings. The molecule has 0 aliphatic heterocycles. The van der Waals surface area contributed by atoms with Crippen molar-refractivity contribution in [2.24, 2.45) is 0 Å². The molecule has 4 nitrogen and oxygen atoms in total. The van der Waals surface area contributed by atoms with E-state index in [2.05, 4.69) is 4.98 Å². The highest BCUT2D eigenvalue weighted by Gasteiger charge is 2.00. The van der Waals surface area contributed by atoms with Crippen LogP contribution in [0, 0.1) is 0 Å². The summed E-state index contributed by atoms with van der Waals surface area (Å²) in [5.74, 6) is 0.265. The lowest BCUT2D eigenvalue weighted by atomic mass is 10.2. The maximum atomic E-state index is 10.3. The molecule has 0 atom stereocenters. The fourth-order valence-electron chi connectivity index (χ4n) is 0.780. The summed E-state index contributed by atoms with van der Waals surface area (Å²) in [5, 5.41) is 0. The molecule has 12 heavy (non-hydrogen) atoms. The van der Waals surface area contributed by atoms with Crippen molar-refractivity contribution < 1.29 is 14.3 Å². The third kappa shape index (κ3) is 1.66. The highest BCUT2D eigenvalue weighted by Crippen LogP contribution is 2.09. The lowest BCUT2D eigenvalue weighted by Gasteiger charge is -1.99. The minimum Gasteiger partial charge on any atom is -0.481 e. The predicted molar refractivity (Wildman–Crippen MR) is 41.6 cm³/mol. The molecule has 0 amide bonds. The molecule has 1 aromatic heterocycles. The summed E-state index contributed by atoms with van der Waals surface area (Å²) in [4.78, 5) is 24.4. The summed E-state index contributed by atoms with van der Waals surface area (Å²) in [6.45, 7) is 0. The Morgan fingerprint density at radius 2 is 2.08 bits per heavy atom. The normalized spacial score (nSPS) is 9.08. The van der Waals surface area contributed by atoms with Crippen molar-refractivity contribution in [1.82, 2.24) is 4.98 Å². The quantitative estimate of drug-likeness (QED) is 0.619. The number of carbonyl (C=O) groups is 2. The van der Waals surface area contributed by atoms with Crippen molar-refractivity contribution >= 4 is 12.6 Å². The predicted octanol–water partition coefficient (Wildman–Crippen LogP) is 0.715. The molecule has 0 aliphatic rings. The molecule has 62 valence electrons. The lowest BCUT2D eigenvalue weighted by molar-refractivity contribution is 0.111. The summed E-state index contributed by atoms with van der Waals surface area (Å²) < 4.78 is 4.77. The first kappa shape index (κ1) is 8.39. The van der Waals surface area contributed by atoms with Crippen LogP contribution in [0.4, 0.5) is 0 Å². The summed E-state index contributed by atoms with van der Waals surface area (Å²) >= 11 is 0. The molecule has 0 radical (unpaired) electrons. The van der Waals surface area contributed by atoms with E-state index in [9.17, 15) is 9.59 Å². The second kappa shape index (κ2) is 3.61. The third-order valence-electron chi connectivity index (χ3n) is 1.31. The van der Waals surface area contributed by atoms with Gasteiger partial charge in [0.1, 0.15) is 12.0 Å². The molecule has 0 saturated carbocycles. The largest absolute Gasteiger partial charge is 0.481 e. The second-order valence-electron chi connectivity index (χ2n) is 2.10. The van der Waals surface area contributed by atoms with Gasteiger partial charge < -0.3 is 4.74 Å². The number of hydrogen-bond acceptors (Lipinski definition) is 4. The molecule has 0 bridgehead atoms. The number of carbonyl (C=O) groups excluding carboxylic acids is 2. The fraction of sp³-hybridized carbons (Fsp3) is 0.125. The molecule has 0 saturated heterocycles. The van der Waals surface area contributed by atoms with Crippen molar-refractivity contribution in [3.05, 3.63) is 23.4 Å². The number of nitrogens with zero attached hydrogens (tertiary/aromatic N) is 1. The van der Waals surface area contributed by atoms with Crippen LogP contribution in [0.25, 0.3) is 0 Å². The van der Waals surface area contributed by atoms with E-state index in [4.69, 9.17) is 4.74 Å². The number of aldehydes is 2. The zero-order valence-electron chi connectivity index (χ0n) is 6.48. The first-order valence-corrected chi connectivity index (χ1v) is 3.26. The first-order valence-electron chi connectivity index (χ1n) is 3.26. The number of aromatic nitrogens is 1.